The lowest BCUT2D eigenvalue weighted by Gasteiger charge is -2.34. The predicted octanol–water partition coefficient (Wildman–Crippen LogP) is 4.37. The van der Waals surface area contributed by atoms with Crippen LogP contribution in [0.15, 0.2) is 24.3 Å². The largest absolute Gasteiger partial charge is 1.00 e. The van der Waals surface area contributed by atoms with Crippen molar-refractivity contribution in [2.45, 2.75) is 96.9 Å². The zero-order valence-electron chi connectivity index (χ0n) is 19.0. The monoisotopic (exact) mass is 445 g/mol. The van der Waals surface area contributed by atoms with Crippen LogP contribution in [0.4, 0.5) is 0 Å². The van der Waals surface area contributed by atoms with Crippen molar-refractivity contribution in [3.8, 4) is 0 Å². The third kappa shape index (κ3) is 15.2. The van der Waals surface area contributed by atoms with Gasteiger partial charge in [-0.3, -0.25) is 0 Å². The number of nitrogens with zero attached hydrogens (tertiary/aromatic N) is 1. The number of hydrogen-bond acceptors (Lipinski definition) is 1. The molecule has 0 saturated carbocycles. The van der Waals surface area contributed by atoms with Crippen molar-refractivity contribution in [3.05, 3.63) is 34.9 Å². The number of quaternary nitrogens is 1. The summed E-state index contributed by atoms with van der Waals surface area (Å²) in [5.74, 6) is 0. The number of aliphatic hydroxyl groups is 1. The van der Waals surface area contributed by atoms with Crippen LogP contribution in [0, 0.1) is 0 Å². The van der Waals surface area contributed by atoms with E-state index in [9.17, 15) is 5.11 Å². The number of rotatable bonds is 18. The van der Waals surface area contributed by atoms with Crippen molar-refractivity contribution in [3.63, 3.8) is 0 Å². The summed E-state index contributed by atoms with van der Waals surface area (Å²) in [6.45, 7) is 5.46. The lowest BCUT2D eigenvalue weighted by molar-refractivity contribution is -0.923. The lowest BCUT2D eigenvalue weighted by Crippen LogP contribution is -3.00. The van der Waals surface area contributed by atoms with Gasteiger partial charge in [-0.15, -0.1) is 0 Å². The lowest BCUT2D eigenvalue weighted by atomic mass is 10.0. The summed E-state index contributed by atoms with van der Waals surface area (Å²) in [5, 5.41) is 10.3. The molecule has 2 nitrogen and oxygen atoms in total. The van der Waals surface area contributed by atoms with Crippen LogP contribution in [0.3, 0.4) is 0 Å². The maximum absolute atomic E-state index is 9.49. The molecule has 1 aromatic rings. The standard InChI is InChI=1S/C25H45ClNO.ClH/c1-3-4-5-6-7-8-9-10-11-12-13-14-15-20-27(2,21-22-28)23-24-16-18-25(26)19-17-24;/h16-19,28H,3-15,20-23H2,1-2H3;1H/q+1;/p-1. The van der Waals surface area contributed by atoms with Gasteiger partial charge in [0.1, 0.15) is 13.1 Å². The molecule has 0 saturated heterocycles. The fourth-order valence-electron chi connectivity index (χ4n) is 4.05. The van der Waals surface area contributed by atoms with Gasteiger partial charge in [0.25, 0.3) is 0 Å². The number of hydrogen-bond donors (Lipinski definition) is 1. The Kier molecular flexibility index (Phi) is 18.3. The van der Waals surface area contributed by atoms with Gasteiger partial charge < -0.3 is 22.0 Å². The summed E-state index contributed by atoms with van der Waals surface area (Å²) in [6.07, 6.45) is 18.1. The van der Waals surface area contributed by atoms with Gasteiger partial charge in [-0.2, -0.15) is 0 Å². The van der Waals surface area contributed by atoms with Gasteiger partial charge in [-0.25, -0.2) is 0 Å². The molecular formula is C25H45Cl2NO. The van der Waals surface area contributed by atoms with E-state index < -0.39 is 0 Å². The molecule has 1 N–H and O–H groups in total. The highest BCUT2D eigenvalue weighted by Gasteiger charge is 2.21. The Morgan fingerprint density at radius 2 is 1.17 bits per heavy atom. The van der Waals surface area contributed by atoms with Crippen molar-refractivity contribution in [2.75, 3.05) is 26.7 Å². The summed E-state index contributed by atoms with van der Waals surface area (Å²) < 4.78 is 0.913. The molecule has 0 radical (unpaired) electrons. The van der Waals surface area contributed by atoms with Crippen molar-refractivity contribution in [2.24, 2.45) is 0 Å². The summed E-state index contributed by atoms with van der Waals surface area (Å²) in [6, 6.07) is 8.15. The second-order valence-corrected chi connectivity index (χ2v) is 9.25. The minimum atomic E-state index is 0. The minimum Gasteiger partial charge on any atom is -1.00 e. The van der Waals surface area contributed by atoms with E-state index in [4.69, 9.17) is 11.6 Å². The Bertz CT molecular complexity index is 480. The molecule has 1 aromatic carbocycles. The van der Waals surface area contributed by atoms with Crippen molar-refractivity contribution in [1.29, 1.82) is 0 Å². The first-order valence-corrected chi connectivity index (χ1v) is 12.2. The molecule has 4 heteroatoms. The highest BCUT2D eigenvalue weighted by molar-refractivity contribution is 6.30. The zero-order valence-corrected chi connectivity index (χ0v) is 20.5. The van der Waals surface area contributed by atoms with Crippen molar-refractivity contribution in [1.82, 2.24) is 0 Å². The van der Waals surface area contributed by atoms with Crippen molar-refractivity contribution >= 4 is 11.6 Å². The minimum absolute atomic E-state index is 0. The number of aliphatic hydroxyl groups excluding tert-OH is 1. The van der Waals surface area contributed by atoms with Crippen LogP contribution in [-0.2, 0) is 6.54 Å². The molecule has 0 bridgehead atoms. The average molecular weight is 447 g/mol. The molecule has 0 aliphatic carbocycles. The van der Waals surface area contributed by atoms with Gasteiger partial charge in [0, 0.05) is 10.6 Å². The molecule has 1 unspecified atom stereocenters. The Hall–Kier alpha value is -0.280. The molecule has 0 amide bonds. The van der Waals surface area contributed by atoms with E-state index in [0.29, 0.717) is 0 Å². The molecule has 170 valence electrons. The number of halogens is 2. The van der Waals surface area contributed by atoms with Gasteiger partial charge in [-0.1, -0.05) is 101 Å². The van der Waals surface area contributed by atoms with Crippen LogP contribution in [0.5, 0.6) is 0 Å². The molecule has 0 heterocycles. The Morgan fingerprint density at radius 3 is 1.62 bits per heavy atom. The third-order valence-electron chi connectivity index (χ3n) is 5.92. The topological polar surface area (TPSA) is 20.2 Å². The van der Waals surface area contributed by atoms with Gasteiger partial charge >= 0.3 is 0 Å². The normalized spacial score (nSPS) is 13.1. The first kappa shape index (κ1) is 28.7. The fourth-order valence-corrected chi connectivity index (χ4v) is 4.18. The highest BCUT2D eigenvalue weighted by Crippen LogP contribution is 2.17. The molecular weight excluding hydrogens is 401 g/mol. The second kappa shape index (κ2) is 18.5. The molecule has 1 atom stereocenters. The van der Waals surface area contributed by atoms with E-state index in [-0.39, 0.29) is 19.0 Å². The summed E-state index contributed by atoms with van der Waals surface area (Å²) >= 11 is 6.00. The van der Waals surface area contributed by atoms with E-state index >= 15 is 0 Å². The molecule has 1 rings (SSSR count). The van der Waals surface area contributed by atoms with Crippen LogP contribution < -0.4 is 12.4 Å². The van der Waals surface area contributed by atoms with Gasteiger partial charge in [-0.05, 0) is 25.0 Å². The molecule has 0 aromatic heterocycles. The number of benzene rings is 1. The average Bonchev–Trinajstić information content (AvgIpc) is 2.67. The maximum atomic E-state index is 9.49. The maximum Gasteiger partial charge on any atom is 0.104 e. The zero-order chi connectivity index (χ0) is 20.5. The summed E-state index contributed by atoms with van der Waals surface area (Å²) in [7, 11) is 2.27. The van der Waals surface area contributed by atoms with Gasteiger partial charge in [0.2, 0.25) is 0 Å². The van der Waals surface area contributed by atoms with Gasteiger partial charge in [0.05, 0.1) is 20.2 Å². The van der Waals surface area contributed by atoms with E-state index in [1.54, 1.807) is 0 Å². The van der Waals surface area contributed by atoms with E-state index in [1.165, 1.54) is 89.0 Å². The Balaban J connectivity index is 0.00000784. The first-order chi connectivity index (χ1) is 13.6. The van der Waals surface area contributed by atoms with E-state index in [2.05, 4.69) is 26.1 Å². The number of likely N-dealkylation sites (N-methyl/N-ethyl adjacent to an activating group) is 1. The third-order valence-corrected chi connectivity index (χ3v) is 6.17. The van der Waals surface area contributed by atoms with Crippen LogP contribution in [0.25, 0.3) is 0 Å². The Morgan fingerprint density at radius 1 is 0.724 bits per heavy atom. The molecule has 0 fully saturated rings. The molecule has 0 aliphatic heterocycles. The second-order valence-electron chi connectivity index (χ2n) is 8.82. The van der Waals surface area contributed by atoms with Gasteiger partial charge in [0.15, 0.2) is 0 Å². The predicted molar refractivity (Wildman–Crippen MR) is 124 cm³/mol. The van der Waals surface area contributed by atoms with Crippen LogP contribution in [0.2, 0.25) is 5.02 Å². The van der Waals surface area contributed by atoms with Crippen LogP contribution in [0.1, 0.15) is 96.0 Å². The van der Waals surface area contributed by atoms with Crippen LogP contribution >= 0.6 is 11.6 Å². The fraction of sp³-hybridized carbons (Fsp3) is 0.760. The summed E-state index contributed by atoms with van der Waals surface area (Å²) in [5.41, 5.74) is 1.30. The first-order valence-electron chi connectivity index (χ1n) is 11.8. The summed E-state index contributed by atoms with van der Waals surface area (Å²) in [4.78, 5) is 0. The molecule has 0 aliphatic rings. The highest BCUT2D eigenvalue weighted by atomic mass is 35.5. The van der Waals surface area contributed by atoms with Crippen molar-refractivity contribution < 1.29 is 22.0 Å². The number of unbranched alkanes of at least 4 members (excludes halogenated alkanes) is 12. The SMILES string of the molecule is CCCCCCCCCCCCCCC[N+](C)(CCO)Cc1ccc(Cl)cc1.[Cl-]. The Labute approximate surface area is 192 Å². The molecule has 29 heavy (non-hydrogen) atoms. The van der Waals surface area contributed by atoms with E-state index in [1.807, 2.05) is 12.1 Å². The van der Waals surface area contributed by atoms with E-state index in [0.717, 1.165) is 29.1 Å². The smallest absolute Gasteiger partial charge is 0.104 e. The van der Waals surface area contributed by atoms with Crippen LogP contribution in [-0.4, -0.2) is 36.3 Å². The molecule has 0 spiro atoms. The quantitative estimate of drug-likeness (QED) is 0.262.